The van der Waals surface area contributed by atoms with E-state index in [1.165, 1.54) is 17.5 Å². The molecule has 8 nitrogen and oxygen atoms in total. The first kappa shape index (κ1) is 25.5. The molecule has 34 heavy (non-hydrogen) atoms. The van der Waals surface area contributed by atoms with Gasteiger partial charge in [0.15, 0.2) is 9.84 Å². The van der Waals surface area contributed by atoms with Crippen molar-refractivity contribution in [3.63, 3.8) is 0 Å². The number of hydrogen-bond donors (Lipinski definition) is 1. The first-order valence-corrected chi connectivity index (χ1v) is 11.6. The Hall–Kier alpha value is -3.14. The SMILES string of the molecule is CCS(=O)(=O)c1cc(N=CC=C(N)C(F)(F)F)cnc1-c1cn2cnc(SC(F)(F)F)cc2n1. The summed E-state index contributed by atoms with van der Waals surface area (Å²) in [6, 6.07) is 2.17. The Kier molecular flexibility index (Phi) is 6.93. The van der Waals surface area contributed by atoms with Crippen LogP contribution in [-0.2, 0) is 9.84 Å². The second-order valence-electron chi connectivity index (χ2n) is 6.51. The Morgan fingerprint density at radius 1 is 1.21 bits per heavy atom. The Labute approximate surface area is 192 Å². The van der Waals surface area contributed by atoms with Crippen molar-refractivity contribution < 1.29 is 34.8 Å². The predicted molar refractivity (Wildman–Crippen MR) is 112 cm³/mol. The second-order valence-corrected chi connectivity index (χ2v) is 9.84. The Morgan fingerprint density at radius 2 is 1.91 bits per heavy atom. The standard InChI is InChI=1S/C18H14F6N6O2S2/c1-2-34(31,32)12-5-10(26-4-3-13(25)17(19,20)21)7-27-16(12)11-8-30-9-28-15(6-14(30)29-11)33-18(22,23)24/h3-9H,2,25H2,1H3. The highest BCUT2D eigenvalue weighted by molar-refractivity contribution is 8.00. The molecule has 182 valence electrons. The molecule has 0 atom stereocenters. The third-order valence-corrected chi connectivity index (χ3v) is 6.55. The van der Waals surface area contributed by atoms with Crippen LogP contribution in [0.1, 0.15) is 6.92 Å². The Morgan fingerprint density at radius 3 is 2.53 bits per heavy atom. The predicted octanol–water partition coefficient (Wildman–Crippen LogP) is 4.30. The molecule has 0 saturated heterocycles. The van der Waals surface area contributed by atoms with E-state index in [-0.39, 0.29) is 38.4 Å². The lowest BCUT2D eigenvalue weighted by Crippen LogP contribution is -2.19. The van der Waals surface area contributed by atoms with Gasteiger partial charge in [-0.1, -0.05) is 6.92 Å². The van der Waals surface area contributed by atoms with Crippen molar-refractivity contribution in [1.82, 2.24) is 19.4 Å². The highest BCUT2D eigenvalue weighted by atomic mass is 32.2. The third kappa shape index (κ3) is 6.05. The third-order valence-electron chi connectivity index (χ3n) is 4.14. The van der Waals surface area contributed by atoms with E-state index in [1.54, 1.807) is 0 Å². The summed E-state index contributed by atoms with van der Waals surface area (Å²) in [4.78, 5) is 15.3. The van der Waals surface area contributed by atoms with Gasteiger partial charge in [0.05, 0.1) is 22.5 Å². The molecule has 3 rings (SSSR count). The summed E-state index contributed by atoms with van der Waals surface area (Å²) in [7, 11) is -3.91. The van der Waals surface area contributed by atoms with Gasteiger partial charge in [0.1, 0.15) is 34.1 Å². The lowest BCUT2D eigenvalue weighted by atomic mass is 10.3. The van der Waals surface area contributed by atoms with Gasteiger partial charge in [-0.2, -0.15) is 26.3 Å². The molecule has 0 unspecified atom stereocenters. The molecular formula is C18H14F6N6O2S2. The van der Waals surface area contributed by atoms with E-state index in [4.69, 9.17) is 5.73 Å². The first-order chi connectivity index (χ1) is 15.7. The van der Waals surface area contributed by atoms with Crippen molar-refractivity contribution in [1.29, 1.82) is 0 Å². The monoisotopic (exact) mass is 524 g/mol. The van der Waals surface area contributed by atoms with Gasteiger partial charge in [0, 0.05) is 30.2 Å². The van der Waals surface area contributed by atoms with E-state index >= 15 is 0 Å². The maximum atomic E-state index is 12.6. The molecule has 0 aliphatic heterocycles. The molecule has 3 aromatic rings. The molecule has 0 saturated carbocycles. The molecule has 0 bridgehead atoms. The minimum atomic E-state index is -4.75. The van der Waals surface area contributed by atoms with Crippen LogP contribution in [0, 0.1) is 0 Å². The van der Waals surface area contributed by atoms with Crippen molar-refractivity contribution in [2.75, 3.05) is 5.75 Å². The molecule has 3 aromatic heterocycles. The zero-order valence-electron chi connectivity index (χ0n) is 17.0. The van der Waals surface area contributed by atoms with Crippen LogP contribution in [0.3, 0.4) is 0 Å². The number of rotatable bonds is 6. The Bertz CT molecular complexity index is 1380. The molecule has 3 heterocycles. The number of aromatic nitrogens is 4. The van der Waals surface area contributed by atoms with Crippen LogP contribution in [0.15, 0.2) is 57.5 Å². The number of allylic oxidation sites excluding steroid dienone is 2. The summed E-state index contributed by atoms with van der Waals surface area (Å²) in [6.07, 6.45) is 0.0273. The van der Waals surface area contributed by atoms with Crippen molar-refractivity contribution in [2.24, 2.45) is 10.7 Å². The van der Waals surface area contributed by atoms with Crippen LogP contribution < -0.4 is 5.73 Å². The molecular weight excluding hydrogens is 510 g/mol. The van der Waals surface area contributed by atoms with Crippen LogP contribution in [0.2, 0.25) is 0 Å². The van der Waals surface area contributed by atoms with E-state index in [9.17, 15) is 34.8 Å². The van der Waals surface area contributed by atoms with Gasteiger partial charge in [0.25, 0.3) is 0 Å². The molecule has 0 spiro atoms. The molecule has 0 radical (unpaired) electrons. The van der Waals surface area contributed by atoms with Gasteiger partial charge in [0.2, 0.25) is 0 Å². The van der Waals surface area contributed by atoms with Gasteiger partial charge in [-0.15, -0.1) is 0 Å². The number of thioether (sulfide) groups is 1. The zero-order valence-corrected chi connectivity index (χ0v) is 18.6. The van der Waals surface area contributed by atoms with Crippen LogP contribution in [0.4, 0.5) is 32.0 Å². The highest BCUT2D eigenvalue weighted by Gasteiger charge is 2.31. The Balaban J connectivity index is 2.05. The molecule has 16 heteroatoms. The van der Waals surface area contributed by atoms with E-state index in [0.29, 0.717) is 6.08 Å². The van der Waals surface area contributed by atoms with Crippen molar-refractivity contribution in [3.8, 4) is 11.4 Å². The minimum absolute atomic E-state index is 0.0275. The summed E-state index contributed by atoms with van der Waals surface area (Å²) in [6.45, 7) is 1.37. The summed E-state index contributed by atoms with van der Waals surface area (Å²) in [5, 5.41) is -0.359. The fraction of sp³-hybridized carbons (Fsp3) is 0.222. The fourth-order valence-electron chi connectivity index (χ4n) is 2.55. The largest absolute Gasteiger partial charge is 0.447 e. The molecule has 0 amide bonds. The number of alkyl halides is 6. The van der Waals surface area contributed by atoms with Crippen LogP contribution in [0.5, 0.6) is 0 Å². The summed E-state index contributed by atoms with van der Waals surface area (Å²) in [5.41, 5.74) is -1.18. The average molecular weight is 524 g/mol. The number of hydrogen-bond acceptors (Lipinski definition) is 8. The number of aliphatic imine (C=N–C) groups is 1. The van der Waals surface area contributed by atoms with Gasteiger partial charge < -0.3 is 5.73 Å². The van der Waals surface area contributed by atoms with Crippen LogP contribution >= 0.6 is 11.8 Å². The van der Waals surface area contributed by atoms with Crippen LogP contribution in [-0.4, -0.2) is 51.4 Å². The van der Waals surface area contributed by atoms with Crippen LogP contribution in [0.25, 0.3) is 17.0 Å². The maximum absolute atomic E-state index is 12.6. The highest BCUT2D eigenvalue weighted by Crippen LogP contribution is 2.36. The fourth-order valence-corrected chi connectivity index (χ4v) is 4.11. The normalized spacial score (nSPS) is 13.8. The van der Waals surface area contributed by atoms with E-state index in [0.717, 1.165) is 30.9 Å². The van der Waals surface area contributed by atoms with Gasteiger partial charge in [-0.3, -0.25) is 14.4 Å². The minimum Gasteiger partial charge on any atom is -0.395 e. The van der Waals surface area contributed by atoms with Crippen molar-refractivity contribution in [3.05, 3.63) is 42.6 Å². The van der Waals surface area contributed by atoms with E-state index in [1.807, 2.05) is 0 Å². The van der Waals surface area contributed by atoms with Gasteiger partial charge in [-0.25, -0.2) is 18.4 Å². The van der Waals surface area contributed by atoms with E-state index in [2.05, 4.69) is 19.9 Å². The number of imidazole rings is 1. The molecule has 0 aliphatic rings. The number of nitrogens with two attached hydrogens (primary N) is 1. The maximum Gasteiger partial charge on any atom is 0.447 e. The summed E-state index contributed by atoms with van der Waals surface area (Å²) >= 11 is -0.431. The second kappa shape index (κ2) is 9.25. The smallest absolute Gasteiger partial charge is 0.395 e. The van der Waals surface area contributed by atoms with Crippen molar-refractivity contribution >= 4 is 39.1 Å². The lowest BCUT2D eigenvalue weighted by Gasteiger charge is -2.07. The van der Waals surface area contributed by atoms with Gasteiger partial charge in [-0.05, 0) is 12.1 Å². The number of pyridine rings is 1. The summed E-state index contributed by atoms with van der Waals surface area (Å²) in [5.74, 6) is -0.336. The molecule has 0 aromatic carbocycles. The van der Waals surface area contributed by atoms with Gasteiger partial charge >= 0.3 is 11.7 Å². The average Bonchev–Trinajstić information content (AvgIpc) is 3.15. The molecule has 0 aliphatic carbocycles. The number of sulfone groups is 1. The summed E-state index contributed by atoms with van der Waals surface area (Å²) < 4.78 is 102. The topological polar surface area (TPSA) is 116 Å². The lowest BCUT2D eigenvalue weighted by molar-refractivity contribution is -0.0925. The van der Waals surface area contributed by atoms with E-state index < -0.39 is 39.0 Å². The number of nitrogens with zero attached hydrogens (tertiary/aromatic N) is 5. The van der Waals surface area contributed by atoms with Crippen molar-refractivity contribution in [2.45, 2.75) is 28.5 Å². The quantitative estimate of drug-likeness (QED) is 0.221. The number of halogens is 6. The molecule has 0 fully saturated rings. The first-order valence-electron chi connectivity index (χ1n) is 9.10. The molecule has 2 N–H and O–H groups in total. The zero-order chi connectivity index (χ0) is 25.3. The number of fused-ring (bicyclic) bond motifs is 1.